The molecule has 0 spiro atoms. The number of hydrogen-bond acceptors (Lipinski definition) is 4. The van der Waals surface area contributed by atoms with Crippen molar-refractivity contribution >= 4 is 24.4 Å². The van der Waals surface area contributed by atoms with Gasteiger partial charge in [0.15, 0.2) is 0 Å². The second kappa shape index (κ2) is 10.2. The van der Waals surface area contributed by atoms with Crippen LogP contribution in [0.15, 0.2) is 54.6 Å². The number of halogens is 2. The molecule has 0 aromatic heterocycles. The fourth-order valence-corrected chi connectivity index (χ4v) is 3.05. The summed E-state index contributed by atoms with van der Waals surface area (Å²) in [6, 6.07) is 15.2. The van der Waals surface area contributed by atoms with Gasteiger partial charge >= 0.3 is 6.09 Å². The molecule has 1 saturated heterocycles. The minimum atomic E-state index is -0.555. The monoisotopic (exact) mass is 421 g/mol. The average Bonchev–Trinajstić information content (AvgIpc) is 3.15. The largest absolute Gasteiger partial charge is 0.443 e. The zero-order chi connectivity index (χ0) is 20.1. The van der Waals surface area contributed by atoms with Crippen molar-refractivity contribution in [1.82, 2.24) is 14.9 Å². The van der Waals surface area contributed by atoms with Crippen LogP contribution in [-0.2, 0) is 22.6 Å². The number of nitrogens with zero attached hydrogens (tertiary/aromatic N) is 3. The molecule has 0 radical (unpaired) electrons. The summed E-state index contributed by atoms with van der Waals surface area (Å²) in [7, 11) is 3.82. The summed E-state index contributed by atoms with van der Waals surface area (Å²) in [5.74, 6) is -0.580. The van der Waals surface area contributed by atoms with Gasteiger partial charge in [-0.1, -0.05) is 42.5 Å². The van der Waals surface area contributed by atoms with Crippen molar-refractivity contribution in [3.63, 3.8) is 0 Å². The third kappa shape index (κ3) is 5.92. The Balaban J connectivity index is 0.00000300. The van der Waals surface area contributed by atoms with Gasteiger partial charge in [-0.05, 0) is 37.4 Å². The van der Waals surface area contributed by atoms with Crippen LogP contribution in [0.2, 0.25) is 0 Å². The van der Waals surface area contributed by atoms with Gasteiger partial charge in [0.25, 0.3) is 0 Å². The summed E-state index contributed by atoms with van der Waals surface area (Å²) in [5.41, 5.74) is 1.57. The summed E-state index contributed by atoms with van der Waals surface area (Å²) >= 11 is 0. The zero-order valence-electron chi connectivity index (χ0n) is 16.5. The molecule has 29 heavy (non-hydrogen) atoms. The van der Waals surface area contributed by atoms with Crippen molar-refractivity contribution in [3.05, 3.63) is 71.5 Å². The molecule has 1 aliphatic rings. The van der Waals surface area contributed by atoms with E-state index in [-0.39, 0.29) is 43.2 Å². The molecule has 1 aliphatic heterocycles. The van der Waals surface area contributed by atoms with E-state index in [0.717, 1.165) is 5.56 Å². The molecule has 2 aromatic rings. The Bertz CT molecular complexity index is 818. The van der Waals surface area contributed by atoms with Crippen LogP contribution in [0.25, 0.3) is 0 Å². The second-order valence-corrected chi connectivity index (χ2v) is 7.02. The molecule has 156 valence electrons. The number of benzene rings is 2. The molecule has 6 nitrogen and oxygen atoms in total. The first-order valence-corrected chi connectivity index (χ1v) is 9.13. The first kappa shape index (κ1) is 22.6. The van der Waals surface area contributed by atoms with Crippen molar-refractivity contribution in [2.75, 3.05) is 27.2 Å². The Hall–Kier alpha value is -2.64. The van der Waals surface area contributed by atoms with Crippen LogP contribution < -0.4 is 0 Å². The Labute approximate surface area is 176 Å². The van der Waals surface area contributed by atoms with E-state index < -0.39 is 6.09 Å². The molecule has 1 fully saturated rings. The van der Waals surface area contributed by atoms with Gasteiger partial charge in [-0.2, -0.15) is 0 Å². The van der Waals surface area contributed by atoms with Crippen LogP contribution in [0.5, 0.6) is 0 Å². The molecule has 0 bridgehead atoms. The van der Waals surface area contributed by atoms with Crippen LogP contribution in [-0.4, -0.2) is 60.1 Å². The van der Waals surface area contributed by atoms with E-state index >= 15 is 0 Å². The van der Waals surface area contributed by atoms with Crippen LogP contribution in [0, 0.1) is 5.82 Å². The Morgan fingerprint density at radius 2 is 1.62 bits per heavy atom. The van der Waals surface area contributed by atoms with Gasteiger partial charge < -0.3 is 9.64 Å². The van der Waals surface area contributed by atoms with Crippen molar-refractivity contribution in [3.8, 4) is 0 Å². The lowest BCUT2D eigenvalue weighted by Crippen LogP contribution is -2.45. The Morgan fingerprint density at radius 1 is 1.00 bits per heavy atom. The highest BCUT2D eigenvalue weighted by molar-refractivity contribution is 5.85. The Kier molecular flexibility index (Phi) is 7.99. The third-order valence-corrected chi connectivity index (χ3v) is 4.76. The molecule has 0 N–H and O–H groups in total. The van der Waals surface area contributed by atoms with E-state index in [4.69, 9.17) is 4.74 Å². The van der Waals surface area contributed by atoms with Gasteiger partial charge in [0.2, 0.25) is 5.91 Å². The molecule has 1 atom stereocenters. The van der Waals surface area contributed by atoms with Crippen LogP contribution in [0.3, 0.4) is 0 Å². The molecule has 1 heterocycles. The molecule has 1 unspecified atom stereocenters. The maximum atomic E-state index is 13.1. The summed E-state index contributed by atoms with van der Waals surface area (Å²) in [6.45, 7) is 0.909. The number of rotatable bonds is 5. The first-order chi connectivity index (χ1) is 13.4. The lowest BCUT2D eigenvalue weighted by atomic mass is 10.1. The molecule has 0 saturated carbocycles. The zero-order valence-corrected chi connectivity index (χ0v) is 17.3. The number of carbonyl (C=O) groups excluding carboxylic acids is 2. The van der Waals surface area contributed by atoms with Crippen molar-refractivity contribution in [2.45, 2.75) is 19.1 Å². The topological polar surface area (TPSA) is 53.1 Å². The van der Waals surface area contributed by atoms with Gasteiger partial charge in [-0.3, -0.25) is 4.79 Å². The van der Waals surface area contributed by atoms with E-state index in [1.54, 1.807) is 12.1 Å². The third-order valence-electron chi connectivity index (χ3n) is 4.76. The number of carbonyl (C=O) groups is 2. The molecule has 0 aliphatic carbocycles. The smallest absolute Gasteiger partial charge is 0.429 e. The van der Waals surface area contributed by atoms with Crippen molar-refractivity contribution in [2.24, 2.45) is 0 Å². The molecular formula is C21H25ClFN3O3. The lowest BCUT2D eigenvalue weighted by molar-refractivity contribution is -0.141. The summed E-state index contributed by atoms with van der Waals surface area (Å²) in [4.78, 5) is 27.4. The standard InChI is InChI=1S/C21H24FN3O3.ClH/c1-23(2)19-13-24(20(26)12-16-8-10-18(22)11-9-16)25(14-19)21(27)28-15-17-6-4-3-5-7-17;/h3-11,19H,12-15H2,1-2H3;1H. The Morgan fingerprint density at radius 3 is 2.24 bits per heavy atom. The SMILES string of the molecule is CN(C)C1CN(C(=O)Cc2ccc(F)cc2)N(C(=O)OCc2ccccc2)C1.Cl. The summed E-state index contributed by atoms with van der Waals surface area (Å²) in [6.07, 6.45) is -0.469. The second-order valence-electron chi connectivity index (χ2n) is 7.02. The molecule has 2 amide bonds. The number of hydrogen-bond donors (Lipinski definition) is 0. The average molecular weight is 422 g/mol. The van der Waals surface area contributed by atoms with E-state index in [9.17, 15) is 14.0 Å². The number of amides is 2. The van der Waals surface area contributed by atoms with Gasteiger partial charge in [-0.15, -0.1) is 12.4 Å². The van der Waals surface area contributed by atoms with Crippen molar-refractivity contribution < 1.29 is 18.7 Å². The van der Waals surface area contributed by atoms with E-state index in [1.807, 2.05) is 49.3 Å². The van der Waals surface area contributed by atoms with Crippen LogP contribution in [0.4, 0.5) is 9.18 Å². The van der Waals surface area contributed by atoms with Gasteiger partial charge in [0.05, 0.1) is 19.5 Å². The lowest BCUT2D eigenvalue weighted by Gasteiger charge is -2.27. The fraction of sp³-hybridized carbons (Fsp3) is 0.333. The quantitative estimate of drug-likeness (QED) is 0.744. The van der Waals surface area contributed by atoms with Crippen molar-refractivity contribution in [1.29, 1.82) is 0 Å². The van der Waals surface area contributed by atoms with E-state index in [0.29, 0.717) is 18.7 Å². The number of hydrazine groups is 1. The maximum Gasteiger partial charge on any atom is 0.429 e. The van der Waals surface area contributed by atoms with Gasteiger partial charge in [0, 0.05) is 6.04 Å². The van der Waals surface area contributed by atoms with E-state index in [1.165, 1.54) is 22.2 Å². The first-order valence-electron chi connectivity index (χ1n) is 9.13. The maximum absolute atomic E-state index is 13.1. The minimum absolute atomic E-state index is 0. The number of ether oxygens (including phenoxy) is 1. The van der Waals surface area contributed by atoms with Crippen LogP contribution >= 0.6 is 12.4 Å². The molecule has 3 rings (SSSR count). The summed E-state index contributed by atoms with van der Waals surface area (Å²) < 4.78 is 18.5. The highest BCUT2D eigenvalue weighted by Gasteiger charge is 2.38. The van der Waals surface area contributed by atoms with Gasteiger partial charge in [-0.25, -0.2) is 19.2 Å². The molecular weight excluding hydrogens is 397 g/mol. The van der Waals surface area contributed by atoms with Crippen LogP contribution in [0.1, 0.15) is 11.1 Å². The highest BCUT2D eigenvalue weighted by atomic mass is 35.5. The predicted octanol–water partition coefficient (Wildman–Crippen LogP) is 3.12. The summed E-state index contributed by atoms with van der Waals surface area (Å²) in [5, 5.41) is 2.79. The van der Waals surface area contributed by atoms with E-state index in [2.05, 4.69) is 0 Å². The minimum Gasteiger partial charge on any atom is -0.443 e. The molecule has 8 heteroatoms. The highest BCUT2D eigenvalue weighted by Crippen LogP contribution is 2.18. The molecule has 2 aromatic carbocycles. The fourth-order valence-electron chi connectivity index (χ4n) is 3.05. The predicted molar refractivity (Wildman–Crippen MR) is 110 cm³/mol. The van der Waals surface area contributed by atoms with Gasteiger partial charge in [0.1, 0.15) is 12.4 Å². The normalized spacial score (nSPS) is 15.9. The number of likely N-dealkylation sites (N-methyl/N-ethyl adjacent to an activating group) is 1.